The molecular weight excluding hydrogens is 329 g/mol. The molecule has 3 heteroatoms. The topological polar surface area (TPSA) is 26.0 Å². The van der Waals surface area contributed by atoms with E-state index in [1.807, 2.05) is 6.07 Å². The standard InChI is InChI=1S/C18H19BrFN/c19-16-9-8-14(10-17(16)20)18(21)11-13-6-3-5-12-4-1-2-7-15(12)13/h1-2,4,7-10,13,18H,3,5-6,11,21H2. The molecule has 0 saturated heterocycles. The second kappa shape index (κ2) is 6.29. The first-order chi connectivity index (χ1) is 10.1. The number of nitrogens with two attached hydrogens (primary N) is 1. The zero-order chi connectivity index (χ0) is 14.8. The lowest BCUT2D eigenvalue weighted by molar-refractivity contribution is 0.475. The van der Waals surface area contributed by atoms with Crippen molar-refractivity contribution in [2.24, 2.45) is 5.73 Å². The van der Waals surface area contributed by atoms with Crippen LogP contribution < -0.4 is 5.73 Å². The Bertz CT molecular complexity index is 641. The average molecular weight is 348 g/mol. The minimum Gasteiger partial charge on any atom is -0.324 e. The second-order valence-electron chi connectivity index (χ2n) is 5.80. The zero-order valence-corrected chi connectivity index (χ0v) is 13.4. The van der Waals surface area contributed by atoms with Gasteiger partial charge in [0.25, 0.3) is 0 Å². The van der Waals surface area contributed by atoms with Gasteiger partial charge >= 0.3 is 0 Å². The van der Waals surface area contributed by atoms with Crippen molar-refractivity contribution in [2.75, 3.05) is 0 Å². The van der Waals surface area contributed by atoms with Crippen molar-refractivity contribution in [3.8, 4) is 0 Å². The monoisotopic (exact) mass is 347 g/mol. The third kappa shape index (κ3) is 3.19. The summed E-state index contributed by atoms with van der Waals surface area (Å²) >= 11 is 3.18. The van der Waals surface area contributed by atoms with Crippen molar-refractivity contribution in [1.29, 1.82) is 0 Å². The summed E-state index contributed by atoms with van der Waals surface area (Å²) in [5, 5.41) is 0. The molecule has 0 heterocycles. The van der Waals surface area contributed by atoms with Crippen LogP contribution in [0.4, 0.5) is 4.39 Å². The Hall–Kier alpha value is -1.19. The summed E-state index contributed by atoms with van der Waals surface area (Å²) in [4.78, 5) is 0. The molecule has 0 aliphatic heterocycles. The van der Waals surface area contributed by atoms with Crippen LogP contribution in [0.1, 0.15) is 47.9 Å². The van der Waals surface area contributed by atoms with Gasteiger partial charge < -0.3 is 5.73 Å². The fraction of sp³-hybridized carbons (Fsp3) is 0.333. The average Bonchev–Trinajstić information content (AvgIpc) is 2.50. The van der Waals surface area contributed by atoms with E-state index in [0.29, 0.717) is 10.4 Å². The minimum atomic E-state index is -0.244. The van der Waals surface area contributed by atoms with Crippen molar-refractivity contribution < 1.29 is 4.39 Å². The number of hydrogen-bond donors (Lipinski definition) is 1. The predicted octanol–water partition coefficient (Wildman–Crippen LogP) is 5.10. The van der Waals surface area contributed by atoms with Gasteiger partial charge in [0.1, 0.15) is 5.82 Å². The highest BCUT2D eigenvalue weighted by Crippen LogP contribution is 2.37. The molecule has 0 fully saturated rings. The highest BCUT2D eigenvalue weighted by Gasteiger charge is 2.22. The van der Waals surface area contributed by atoms with Gasteiger partial charge in [-0.2, -0.15) is 0 Å². The molecule has 2 aromatic carbocycles. The molecule has 0 spiro atoms. The lowest BCUT2D eigenvalue weighted by Gasteiger charge is -2.28. The van der Waals surface area contributed by atoms with Crippen LogP contribution in [-0.2, 0) is 6.42 Å². The van der Waals surface area contributed by atoms with E-state index in [1.54, 1.807) is 12.1 Å². The molecule has 0 radical (unpaired) electrons. The number of rotatable bonds is 3. The summed E-state index contributed by atoms with van der Waals surface area (Å²) in [5.41, 5.74) is 10.1. The van der Waals surface area contributed by atoms with E-state index in [2.05, 4.69) is 40.2 Å². The predicted molar refractivity (Wildman–Crippen MR) is 87.8 cm³/mol. The molecule has 2 atom stereocenters. The van der Waals surface area contributed by atoms with Crippen LogP contribution in [-0.4, -0.2) is 0 Å². The third-order valence-electron chi connectivity index (χ3n) is 4.40. The number of aryl methyl sites for hydroxylation is 1. The number of fused-ring (bicyclic) bond motifs is 1. The van der Waals surface area contributed by atoms with Gasteiger partial charge in [0.05, 0.1) is 4.47 Å². The van der Waals surface area contributed by atoms with Crippen molar-refractivity contribution in [3.63, 3.8) is 0 Å². The van der Waals surface area contributed by atoms with E-state index < -0.39 is 0 Å². The van der Waals surface area contributed by atoms with Crippen molar-refractivity contribution >= 4 is 15.9 Å². The van der Waals surface area contributed by atoms with Gasteiger partial charge in [-0.25, -0.2) is 4.39 Å². The smallest absolute Gasteiger partial charge is 0.137 e. The SMILES string of the molecule is NC(CC1CCCc2ccccc21)c1ccc(Br)c(F)c1. The van der Waals surface area contributed by atoms with E-state index in [1.165, 1.54) is 24.0 Å². The van der Waals surface area contributed by atoms with Crippen LogP contribution in [0.25, 0.3) is 0 Å². The Morgan fingerprint density at radius 3 is 2.86 bits per heavy atom. The Balaban J connectivity index is 1.79. The van der Waals surface area contributed by atoms with Crippen LogP contribution in [0.5, 0.6) is 0 Å². The number of hydrogen-bond acceptors (Lipinski definition) is 1. The lowest BCUT2D eigenvalue weighted by atomic mass is 9.79. The van der Waals surface area contributed by atoms with Gasteiger partial charge in [-0.1, -0.05) is 30.3 Å². The summed E-state index contributed by atoms with van der Waals surface area (Å²) in [5.74, 6) is 0.239. The first kappa shape index (κ1) is 14.7. The molecule has 1 nitrogen and oxygen atoms in total. The number of halogens is 2. The molecular formula is C18H19BrFN. The molecule has 0 amide bonds. The first-order valence-electron chi connectivity index (χ1n) is 7.43. The van der Waals surface area contributed by atoms with Gasteiger partial charge in [0.15, 0.2) is 0 Å². The largest absolute Gasteiger partial charge is 0.324 e. The number of benzene rings is 2. The van der Waals surface area contributed by atoms with Crippen molar-refractivity contribution in [1.82, 2.24) is 0 Å². The van der Waals surface area contributed by atoms with Gasteiger partial charge in [0.2, 0.25) is 0 Å². The molecule has 2 unspecified atom stereocenters. The molecule has 21 heavy (non-hydrogen) atoms. The second-order valence-corrected chi connectivity index (χ2v) is 6.66. The Kier molecular flexibility index (Phi) is 4.41. The van der Waals surface area contributed by atoms with Crippen LogP contribution in [0.2, 0.25) is 0 Å². The van der Waals surface area contributed by atoms with E-state index in [4.69, 9.17) is 5.73 Å². The maximum absolute atomic E-state index is 13.7. The minimum absolute atomic E-state index is 0.122. The Morgan fingerprint density at radius 2 is 2.05 bits per heavy atom. The molecule has 1 aliphatic carbocycles. The van der Waals surface area contributed by atoms with E-state index >= 15 is 0 Å². The summed E-state index contributed by atoms with van der Waals surface area (Å²) in [7, 11) is 0. The lowest BCUT2D eigenvalue weighted by Crippen LogP contribution is -2.18. The molecule has 2 aromatic rings. The van der Waals surface area contributed by atoms with E-state index in [0.717, 1.165) is 18.4 Å². The van der Waals surface area contributed by atoms with Gasteiger partial charge in [-0.15, -0.1) is 0 Å². The summed E-state index contributed by atoms with van der Waals surface area (Å²) < 4.78 is 14.1. The van der Waals surface area contributed by atoms with Gasteiger partial charge in [0, 0.05) is 6.04 Å². The highest BCUT2D eigenvalue weighted by molar-refractivity contribution is 9.10. The van der Waals surface area contributed by atoms with E-state index in [-0.39, 0.29) is 11.9 Å². The van der Waals surface area contributed by atoms with Crippen molar-refractivity contribution in [2.45, 2.75) is 37.6 Å². The molecule has 110 valence electrons. The normalized spacial score (nSPS) is 19.1. The Labute approximate surface area is 133 Å². The molecule has 3 rings (SSSR count). The van der Waals surface area contributed by atoms with Gasteiger partial charge in [-0.05, 0) is 76.4 Å². The van der Waals surface area contributed by atoms with Crippen molar-refractivity contribution in [3.05, 3.63) is 69.4 Å². The molecule has 2 N–H and O–H groups in total. The summed E-state index contributed by atoms with van der Waals surface area (Å²) in [6.07, 6.45) is 4.42. The zero-order valence-electron chi connectivity index (χ0n) is 11.9. The van der Waals surface area contributed by atoms with Crippen LogP contribution in [0.15, 0.2) is 46.9 Å². The molecule has 0 saturated carbocycles. The van der Waals surface area contributed by atoms with E-state index in [9.17, 15) is 4.39 Å². The van der Waals surface area contributed by atoms with Crippen LogP contribution >= 0.6 is 15.9 Å². The third-order valence-corrected chi connectivity index (χ3v) is 5.05. The highest BCUT2D eigenvalue weighted by atomic mass is 79.9. The Morgan fingerprint density at radius 1 is 1.24 bits per heavy atom. The van der Waals surface area contributed by atoms with Gasteiger partial charge in [-0.3, -0.25) is 0 Å². The maximum Gasteiger partial charge on any atom is 0.137 e. The summed E-state index contributed by atoms with van der Waals surface area (Å²) in [6, 6.07) is 13.7. The molecule has 0 aromatic heterocycles. The quantitative estimate of drug-likeness (QED) is 0.821. The first-order valence-corrected chi connectivity index (χ1v) is 8.23. The van der Waals surface area contributed by atoms with Crippen LogP contribution in [0.3, 0.4) is 0 Å². The fourth-order valence-electron chi connectivity index (χ4n) is 3.28. The maximum atomic E-state index is 13.7. The summed E-state index contributed by atoms with van der Waals surface area (Å²) in [6.45, 7) is 0. The fourth-order valence-corrected chi connectivity index (χ4v) is 3.53. The molecule has 0 bridgehead atoms. The molecule has 1 aliphatic rings. The van der Waals surface area contributed by atoms with Crippen LogP contribution in [0, 0.1) is 5.82 Å².